The van der Waals surface area contributed by atoms with Gasteiger partial charge in [-0.05, 0) is 11.6 Å². The van der Waals surface area contributed by atoms with Gasteiger partial charge in [-0.3, -0.25) is 0 Å². The topological polar surface area (TPSA) is 90.7 Å². The molecule has 2 N–H and O–H groups in total. The molecular weight excluding hydrogens is 242 g/mol. The van der Waals surface area contributed by atoms with Gasteiger partial charge >= 0.3 is 0 Å². The summed E-state index contributed by atoms with van der Waals surface area (Å²) in [6.45, 7) is 0. The first-order chi connectivity index (χ1) is 9.34. The molecule has 2 heterocycles. The van der Waals surface area contributed by atoms with E-state index in [4.69, 9.17) is 10.3 Å². The maximum Gasteiger partial charge on any atom is 0.248 e. The molecule has 0 fully saturated rings. The first-order valence-electron chi connectivity index (χ1n) is 5.76. The molecular formula is C13H11N5O. The molecule has 0 aliphatic rings. The molecule has 0 aliphatic carbocycles. The number of hydrogen-bond acceptors (Lipinski definition) is 6. The number of nitrogens with zero attached hydrogens (tertiary/aromatic N) is 4. The Hall–Kier alpha value is -2.60. The van der Waals surface area contributed by atoms with E-state index in [9.17, 15) is 0 Å². The molecule has 19 heavy (non-hydrogen) atoms. The van der Waals surface area contributed by atoms with E-state index in [1.807, 2.05) is 30.3 Å². The van der Waals surface area contributed by atoms with Crippen molar-refractivity contribution < 1.29 is 4.52 Å². The minimum absolute atomic E-state index is 0.335. The molecule has 1 unspecified atom stereocenters. The average Bonchev–Trinajstić information content (AvgIpc) is 2.98. The molecule has 3 rings (SSSR count). The predicted octanol–water partition coefficient (Wildman–Crippen LogP) is 1.57. The number of nitrogens with two attached hydrogens (primary N) is 1. The number of benzene rings is 1. The molecule has 6 heteroatoms. The third-order valence-electron chi connectivity index (χ3n) is 2.63. The van der Waals surface area contributed by atoms with E-state index in [0.717, 1.165) is 5.56 Å². The Labute approximate surface area is 109 Å². The second-order valence-electron chi connectivity index (χ2n) is 3.92. The van der Waals surface area contributed by atoms with Crippen LogP contribution in [0, 0.1) is 0 Å². The minimum atomic E-state index is -0.453. The number of hydrogen-bond donors (Lipinski definition) is 1. The van der Waals surface area contributed by atoms with Crippen LogP contribution in [0.3, 0.4) is 0 Å². The Bertz CT molecular complexity index is 653. The Morgan fingerprint density at radius 1 is 0.947 bits per heavy atom. The van der Waals surface area contributed by atoms with Gasteiger partial charge in [0.2, 0.25) is 17.5 Å². The molecule has 6 nitrogen and oxygen atoms in total. The van der Waals surface area contributed by atoms with E-state index < -0.39 is 6.04 Å². The zero-order chi connectivity index (χ0) is 13.1. The zero-order valence-electron chi connectivity index (χ0n) is 9.97. The van der Waals surface area contributed by atoms with Crippen molar-refractivity contribution in [2.45, 2.75) is 6.04 Å². The van der Waals surface area contributed by atoms with Crippen LogP contribution >= 0.6 is 0 Å². The normalized spacial score (nSPS) is 12.3. The molecule has 1 aromatic carbocycles. The van der Waals surface area contributed by atoms with Crippen molar-refractivity contribution in [3.63, 3.8) is 0 Å². The third-order valence-corrected chi connectivity index (χ3v) is 2.63. The molecule has 2 aromatic heterocycles. The van der Waals surface area contributed by atoms with Gasteiger partial charge < -0.3 is 10.3 Å². The molecule has 3 aromatic rings. The summed E-state index contributed by atoms with van der Waals surface area (Å²) in [7, 11) is 0. The van der Waals surface area contributed by atoms with Crippen LogP contribution in [0.15, 0.2) is 53.3 Å². The highest BCUT2D eigenvalue weighted by Gasteiger charge is 2.18. The highest BCUT2D eigenvalue weighted by molar-refractivity contribution is 5.41. The van der Waals surface area contributed by atoms with Gasteiger partial charge in [-0.1, -0.05) is 35.5 Å². The molecule has 0 aliphatic heterocycles. The summed E-state index contributed by atoms with van der Waals surface area (Å²) < 4.78 is 5.17. The van der Waals surface area contributed by atoms with Crippen molar-refractivity contribution in [3.8, 4) is 11.6 Å². The fourth-order valence-electron chi connectivity index (χ4n) is 1.67. The van der Waals surface area contributed by atoms with Crippen molar-refractivity contribution in [2.24, 2.45) is 5.73 Å². The van der Waals surface area contributed by atoms with Crippen molar-refractivity contribution in [1.29, 1.82) is 0 Å². The highest BCUT2D eigenvalue weighted by Crippen LogP contribution is 2.19. The third kappa shape index (κ3) is 2.34. The molecule has 1 atom stereocenters. The van der Waals surface area contributed by atoms with Gasteiger partial charge in [-0.15, -0.1) is 0 Å². The summed E-state index contributed by atoms with van der Waals surface area (Å²) in [6, 6.07) is 10.8. The van der Waals surface area contributed by atoms with Crippen LogP contribution < -0.4 is 5.73 Å². The lowest BCUT2D eigenvalue weighted by Gasteiger charge is -2.05. The van der Waals surface area contributed by atoms with E-state index >= 15 is 0 Å². The molecule has 0 amide bonds. The zero-order valence-corrected chi connectivity index (χ0v) is 9.97. The van der Waals surface area contributed by atoms with E-state index in [1.54, 1.807) is 18.5 Å². The van der Waals surface area contributed by atoms with E-state index in [2.05, 4.69) is 20.1 Å². The molecule has 94 valence electrons. The second kappa shape index (κ2) is 4.95. The average molecular weight is 253 g/mol. The largest absolute Gasteiger partial charge is 0.337 e. The van der Waals surface area contributed by atoms with Crippen LogP contribution in [0.4, 0.5) is 0 Å². The van der Waals surface area contributed by atoms with Crippen LogP contribution in [0.25, 0.3) is 11.6 Å². The lowest BCUT2D eigenvalue weighted by atomic mass is 10.1. The maximum atomic E-state index is 6.07. The Balaban J connectivity index is 1.90. The molecule has 0 bridgehead atoms. The van der Waals surface area contributed by atoms with Gasteiger partial charge in [0.1, 0.15) is 6.04 Å². The molecule has 0 saturated heterocycles. The van der Waals surface area contributed by atoms with Crippen LogP contribution in [0.5, 0.6) is 0 Å². The Kier molecular flexibility index (Phi) is 2.99. The Morgan fingerprint density at radius 2 is 1.68 bits per heavy atom. The lowest BCUT2D eigenvalue weighted by Crippen LogP contribution is -2.12. The SMILES string of the molecule is NC(c1ccccc1)c1nc(-c2ncccn2)no1. The van der Waals surface area contributed by atoms with Gasteiger partial charge in [0, 0.05) is 12.4 Å². The van der Waals surface area contributed by atoms with Crippen molar-refractivity contribution >= 4 is 0 Å². The predicted molar refractivity (Wildman–Crippen MR) is 67.8 cm³/mol. The van der Waals surface area contributed by atoms with Gasteiger partial charge in [0.25, 0.3) is 0 Å². The van der Waals surface area contributed by atoms with E-state index in [1.165, 1.54) is 0 Å². The van der Waals surface area contributed by atoms with Crippen LogP contribution in [-0.4, -0.2) is 20.1 Å². The van der Waals surface area contributed by atoms with E-state index in [-0.39, 0.29) is 0 Å². The van der Waals surface area contributed by atoms with Crippen molar-refractivity contribution in [3.05, 3.63) is 60.2 Å². The summed E-state index contributed by atoms with van der Waals surface area (Å²) in [6.07, 6.45) is 3.24. The van der Waals surface area contributed by atoms with Gasteiger partial charge in [0.05, 0.1) is 0 Å². The standard InChI is InChI=1S/C13H11N5O/c14-10(9-5-2-1-3-6-9)13-17-12(18-19-13)11-15-7-4-8-16-11/h1-8,10H,14H2. The first-order valence-corrected chi connectivity index (χ1v) is 5.76. The fraction of sp³-hybridized carbons (Fsp3) is 0.0769. The first kappa shape index (κ1) is 11.5. The second-order valence-corrected chi connectivity index (χ2v) is 3.92. The van der Waals surface area contributed by atoms with Crippen LogP contribution in [0.2, 0.25) is 0 Å². The monoisotopic (exact) mass is 253 g/mol. The summed E-state index contributed by atoms with van der Waals surface area (Å²) in [5.41, 5.74) is 6.98. The number of aromatic nitrogens is 4. The van der Waals surface area contributed by atoms with Gasteiger partial charge in [-0.2, -0.15) is 4.98 Å². The molecule has 0 saturated carbocycles. The lowest BCUT2D eigenvalue weighted by molar-refractivity contribution is 0.367. The minimum Gasteiger partial charge on any atom is -0.337 e. The fourth-order valence-corrected chi connectivity index (χ4v) is 1.67. The quantitative estimate of drug-likeness (QED) is 0.762. The molecule has 0 spiro atoms. The van der Waals surface area contributed by atoms with E-state index in [0.29, 0.717) is 17.5 Å². The molecule has 0 radical (unpaired) electrons. The van der Waals surface area contributed by atoms with Gasteiger partial charge in [0.15, 0.2) is 0 Å². The van der Waals surface area contributed by atoms with Gasteiger partial charge in [-0.25, -0.2) is 9.97 Å². The smallest absolute Gasteiger partial charge is 0.248 e. The van der Waals surface area contributed by atoms with Crippen LogP contribution in [0.1, 0.15) is 17.5 Å². The summed E-state index contributed by atoms with van der Waals surface area (Å²) >= 11 is 0. The summed E-state index contributed by atoms with van der Waals surface area (Å²) in [4.78, 5) is 12.3. The Morgan fingerprint density at radius 3 is 2.42 bits per heavy atom. The maximum absolute atomic E-state index is 6.07. The van der Waals surface area contributed by atoms with Crippen molar-refractivity contribution in [1.82, 2.24) is 20.1 Å². The number of rotatable bonds is 3. The van der Waals surface area contributed by atoms with Crippen molar-refractivity contribution in [2.75, 3.05) is 0 Å². The summed E-state index contributed by atoms with van der Waals surface area (Å²) in [5.74, 6) is 1.09. The highest BCUT2D eigenvalue weighted by atomic mass is 16.5. The summed E-state index contributed by atoms with van der Waals surface area (Å²) in [5, 5.41) is 3.84. The van der Waals surface area contributed by atoms with Crippen LogP contribution in [-0.2, 0) is 0 Å².